The van der Waals surface area contributed by atoms with E-state index in [4.69, 9.17) is 16.6 Å². The number of fused-ring (bicyclic) bond motifs is 1. The zero-order chi connectivity index (χ0) is 15.0. The number of nitrogens with zero attached hydrogens (tertiary/aromatic N) is 3. The first-order valence-electron chi connectivity index (χ1n) is 6.75. The van der Waals surface area contributed by atoms with E-state index in [9.17, 15) is 0 Å². The van der Waals surface area contributed by atoms with Gasteiger partial charge in [-0.25, -0.2) is 9.97 Å². The molecule has 0 saturated carbocycles. The number of alkyl halides is 1. The number of imidazole rings is 1. The fourth-order valence-corrected chi connectivity index (χ4v) is 3.78. The maximum atomic E-state index is 6.33. The lowest BCUT2D eigenvalue weighted by Crippen LogP contribution is -2.10. The summed E-state index contributed by atoms with van der Waals surface area (Å²) < 4.78 is 3.42. The van der Waals surface area contributed by atoms with Crippen molar-refractivity contribution in [2.24, 2.45) is 0 Å². The minimum absolute atomic E-state index is 0.112. The second-order valence-corrected chi connectivity index (χ2v) is 7.93. The number of aromatic nitrogens is 3. The molecule has 2 aromatic heterocycles. The lowest BCUT2D eigenvalue weighted by atomic mass is 10.2. The van der Waals surface area contributed by atoms with Gasteiger partial charge in [0.05, 0.1) is 21.4 Å². The van der Waals surface area contributed by atoms with Gasteiger partial charge in [-0.15, -0.1) is 22.9 Å². The molecule has 0 aliphatic heterocycles. The molecule has 0 aliphatic carbocycles. The van der Waals surface area contributed by atoms with Crippen LogP contribution in [0.3, 0.4) is 0 Å². The molecule has 21 heavy (non-hydrogen) atoms. The molecular formula is C15H15ClIN3S. The Morgan fingerprint density at radius 3 is 2.86 bits per heavy atom. The number of benzene rings is 1. The van der Waals surface area contributed by atoms with Crippen LogP contribution in [0.4, 0.5) is 0 Å². The molecular weight excluding hydrogens is 417 g/mol. The molecule has 0 saturated heterocycles. The second-order valence-electron chi connectivity index (χ2n) is 5.10. The molecule has 3 aromatic rings. The molecule has 0 amide bonds. The quantitative estimate of drug-likeness (QED) is 0.420. The maximum Gasteiger partial charge on any atom is 0.127 e. The smallest absolute Gasteiger partial charge is 0.127 e. The zero-order valence-corrected chi connectivity index (χ0v) is 15.5. The van der Waals surface area contributed by atoms with Gasteiger partial charge in [0.2, 0.25) is 0 Å². The summed E-state index contributed by atoms with van der Waals surface area (Å²) in [6.45, 7) is 5.01. The predicted molar refractivity (Wildman–Crippen MR) is 97.2 cm³/mol. The van der Waals surface area contributed by atoms with Crippen LogP contribution < -0.4 is 0 Å². The molecule has 2 heterocycles. The van der Waals surface area contributed by atoms with Gasteiger partial charge >= 0.3 is 0 Å². The van der Waals surface area contributed by atoms with Gasteiger partial charge in [-0.05, 0) is 47.7 Å². The molecule has 2 atom stereocenters. The van der Waals surface area contributed by atoms with Crippen molar-refractivity contribution < 1.29 is 0 Å². The minimum atomic E-state index is -0.112. The lowest BCUT2D eigenvalue weighted by Gasteiger charge is -2.14. The highest BCUT2D eigenvalue weighted by Gasteiger charge is 2.18. The SMILES string of the molecule is CC(Cl)c1nc2cc(I)ccc2n1CC(C)c1nccs1. The summed E-state index contributed by atoms with van der Waals surface area (Å²) >= 11 is 10.3. The van der Waals surface area contributed by atoms with E-state index in [1.54, 1.807) is 11.3 Å². The Morgan fingerprint density at radius 2 is 2.19 bits per heavy atom. The van der Waals surface area contributed by atoms with E-state index >= 15 is 0 Å². The predicted octanol–water partition coefficient (Wildman–Crippen LogP) is 5.20. The Balaban J connectivity index is 2.05. The van der Waals surface area contributed by atoms with E-state index in [1.165, 1.54) is 3.57 Å². The number of rotatable bonds is 4. The summed E-state index contributed by atoms with van der Waals surface area (Å²) in [5.41, 5.74) is 2.15. The van der Waals surface area contributed by atoms with Gasteiger partial charge in [0.15, 0.2) is 0 Å². The topological polar surface area (TPSA) is 30.7 Å². The highest BCUT2D eigenvalue weighted by atomic mass is 127. The van der Waals surface area contributed by atoms with Gasteiger partial charge < -0.3 is 4.57 Å². The average molecular weight is 432 g/mol. The van der Waals surface area contributed by atoms with E-state index in [0.29, 0.717) is 5.92 Å². The molecule has 2 unspecified atom stereocenters. The largest absolute Gasteiger partial charge is 0.326 e. The van der Waals surface area contributed by atoms with Crippen LogP contribution in [0.25, 0.3) is 11.0 Å². The summed E-state index contributed by atoms with van der Waals surface area (Å²) in [6, 6.07) is 6.34. The molecule has 0 spiro atoms. The van der Waals surface area contributed by atoms with E-state index < -0.39 is 0 Å². The van der Waals surface area contributed by atoms with Crippen molar-refractivity contribution in [1.29, 1.82) is 0 Å². The van der Waals surface area contributed by atoms with Crippen LogP contribution in [-0.4, -0.2) is 14.5 Å². The van der Waals surface area contributed by atoms with Gasteiger partial charge in [0, 0.05) is 27.6 Å². The van der Waals surface area contributed by atoms with Crippen LogP contribution in [-0.2, 0) is 6.54 Å². The fraction of sp³-hybridized carbons (Fsp3) is 0.333. The summed E-state index contributed by atoms with van der Waals surface area (Å²) in [4.78, 5) is 9.13. The molecule has 3 nitrogen and oxygen atoms in total. The van der Waals surface area contributed by atoms with Crippen molar-refractivity contribution in [3.8, 4) is 0 Å². The van der Waals surface area contributed by atoms with Crippen molar-refractivity contribution >= 4 is 56.6 Å². The van der Waals surface area contributed by atoms with Crippen LogP contribution >= 0.6 is 45.5 Å². The third-order valence-corrected chi connectivity index (χ3v) is 5.30. The summed E-state index contributed by atoms with van der Waals surface area (Å²) in [7, 11) is 0. The van der Waals surface area contributed by atoms with E-state index in [-0.39, 0.29) is 5.38 Å². The first-order valence-corrected chi connectivity index (χ1v) is 9.15. The average Bonchev–Trinajstić information content (AvgIpc) is 3.06. The molecule has 110 valence electrons. The molecule has 0 fully saturated rings. The molecule has 1 aromatic carbocycles. The first kappa shape index (κ1) is 15.2. The van der Waals surface area contributed by atoms with Crippen molar-refractivity contribution in [1.82, 2.24) is 14.5 Å². The minimum Gasteiger partial charge on any atom is -0.326 e. The Bertz CT molecular complexity index is 752. The number of hydrogen-bond donors (Lipinski definition) is 0. The zero-order valence-electron chi connectivity index (χ0n) is 11.8. The highest BCUT2D eigenvalue weighted by Crippen LogP contribution is 2.29. The number of hydrogen-bond acceptors (Lipinski definition) is 3. The number of thiazole rings is 1. The van der Waals surface area contributed by atoms with Crippen LogP contribution in [0.1, 0.15) is 36.0 Å². The Hall–Kier alpha value is -0.660. The number of halogens is 2. The normalized spacial score (nSPS) is 14.5. The van der Waals surface area contributed by atoms with E-state index in [2.05, 4.69) is 57.3 Å². The third-order valence-electron chi connectivity index (χ3n) is 3.43. The van der Waals surface area contributed by atoms with Crippen molar-refractivity contribution in [2.45, 2.75) is 31.7 Å². The first-order chi connectivity index (χ1) is 10.1. The molecule has 6 heteroatoms. The molecule has 0 N–H and O–H groups in total. The summed E-state index contributed by atoms with van der Waals surface area (Å²) in [6.07, 6.45) is 1.86. The van der Waals surface area contributed by atoms with Crippen LogP contribution in [0.15, 0.2) is 29.8 Å². The van der Waals surface area contributed by atoms with Crippen molar-refractivity contribution in [3.63, 3.8) is 0 Å². The summed E-state index contributed by atoms with van der Waals surface area (Å²) in [5, 5.41) is 3.06. The van der Waals surface area contributed by atoms with Gasteiger partial charge in [-0.2, -0.15) is 0 Å². The lowest BCUT2D eigenvalue weighted by molar-refractivity contribution is 0.583. The van der Waals surface area contributed by atoms with Gasteiger partial charge in [0.25, 0.3) is 0 Å². The van der Waals surface area contributed by atoms with Crippen LogP contribution in [0.5, 0.6) is 0 Å². The molecule has 0 aliphatic rings. The van der Waals surface area contributed by atoms with Gasteiger partial charge in [0.1, 0.15) is 5.82 Å². The van der Waals surface area contributed by atoms with Gasteiger partial charge in [-0.1, -0.05) is 6.92 Å². The Morgan fingerprint density at radius 1 is 1.38 bits per heavy atom. The van der Waals surface area contributed by atoms with Gasteiger partial charge in [-0.3, -0.25) is 0 Å². The maximum absolute atomic E-state index is 6.33. The second kappa shape index (κ2) is 6.22. The Kier molecular flexibility index (Phi) is 4.51. The van der Waals surface area contributed by atoms with E-state index in [1.807, 2.05) is 18.5 Å². The monoisotopic (exact) mass is 431 g/mol. The van der Waals surface area contributed by atoms with Crippen LogP contribution in [0.2, 0.25) is 0 Å². The highest BCUT2D eigenvalue weighted by molar-refractivity contribution is 14.1. The standard InChI is InChI=1S/C15H15ClIN3S/c1-9(15-18-5-6-21-15)8-20-13-4-3-11(17)7-12(13)19-14(20)10(2)16/h3-7,9-10H,8H2,1-2H3. The van der Waals surface area contributed by atoms with Crippen molar-refractivity contribution in [2.75, 3.05) is 0 Å². The van der Waals surface area contributed by atoms with Crippen molar-refractivity contribution in [3.05, 3.63) is 44.2 Å². The fourth-order valence-electron chi connectivity index (χ4n) is 2.45. The van der Waals surface area contributed by atoms with E-state index in [0.717, 1.165) is 28.4 Å². The third kappa shape index (κ3) is 3.10. The van der Waals surface area contributed by atoms with Crippen LogP contribution in [0, 0.1) is 3.57 Å². The molecule has 0 bridgehead atoms. The molecule has 3 rings (SSSR count). The Labute approximate surface area is 146 Å². The molecule has 0 radical (unpaired) electrons. The summed E-state index contributed by atoms with van der Waals surface area (Å²) in [5.74, 6) is 1.27.